The average Bonchev–Trinajstić information content (AvgIpc) is 2.86. The van der Waals surface area contributed by atoms with Gasteiger partial charge in [0.1, 0.15) is 5.75 Å². The number of imidazole rings is 1. The van der Waals surface area contributed by atoms with Gasteiger partial charge < -0.3 is 10.5 Å². The summed E-state index contributed by atoms with van der Waals surface area (Å²) < 4.78 is 8.38. The van der Waals surface area contributed by atoms with Crippen molar-refractivity contribution in [3.8, 4) is 11.4 Å². The van der Waals surface area contributed by atoms with Crippen LogP contribution in [0.25, 0.3) is 5.69 Å². The second-order valence-electron chi connectivity index (χ2n) is 4.77. The minimum absolute atomic E-state index is 0.0637. The first-order valence-corrected chi connectivity index (χ1v) is 6.95. The van der Waals surface area contributed by atoms with Crippen LogP contribution in [0.3, 0.4) is 0 Å². The Morgan fingerprint density at radius 1 is 1.37 bits per heavy atom. The molecule has 4 nitrogen and oxygen atoms in total. The molecule has 0 amide bonds. The van der Waals surface area contributed by atoms with Crippen molar-refractivity contribution in [1.82, 2.24) is 9.55 Å². The molecule has 1 atom stereocenters. The van der Waals surface area contributed by atoms with Crippen LogP contribution in [-0.4, -0.2) is 16.7 Å². The van der Waals surface area contributed by atoms with Gasteiger partial charge in [0.05, 0.1) is 31.0 Å². The molecule has 0 spiro atoms. The van der Waals surface area contributed by atoms with E-state index in [0.717, 1.165) is 21.6 Å². The number of halogens is 1. The minimum atomic E-state index is -0.0637. The van der Waals surface area contributed by atoms with Gasteiger partial charge in [0.25, 0.3) is 0 Å². The summed E-state index contributed by atoms with van der Waals surface area (Å²) in [5, 5.41) is 0. The molecule has 0 radical (unpaired) electrons. The van der Waals surface area contributed by atoms with Crippen LogP contribution in [0.2, 0.25) is 0 Å². The maximum Gasteiger partial charge on any atom is 0.142 e. The lowest BCUT2D eigenvalue weighted by atomic mass is 10.0. The maximum absolute atomic E-state index is 6.24. The predicted octanol–water partition coefficient (Wildman–Crippen LogP) is 3.30. The Kier molecular flexibility index (Phi) is 4.27. The van der Waals surface area contributed by atoms with E-state index < -0.39 is 0 Å². The predicted molar refractivity (Wildman–Crippen MR) is 79.6 cm³/mol. The van der Waals surface area contributed by atoms with E-state index in [-0.39, 0.29) is 6.04 Å². The van der Waals surface area contributed by atoms with Crippen molar-refractivity contribution in [3.05, 3.63) is 40.9 Å². The second-order valence-corrected chi connectivity index (χ2v) is 5.69. The van der Waals surface area contributed by atoms with E-state index in [2.05, 4.69) is 34.8 Å². The van der Waals surface area contributed by atoms with Crippen LogP contribution in [0.4, 0.5) is 0 Å². The van der Waals surface area contributed by atoms with Crippen LogP contribution in [0.5, 0.6) is 5.75 Å². The molecule has 0 saturated heterocycles. The third-order valence-electron chi connectivity index (χ3n) is 3.13. The number of ether oxygens (including phenoxy) is 1. The van der Waals surface area contributed by atoms with Gasteiger partial charge in [0.2, 0.25) is 0 Å². The third-order valence-corrected chi connectivity index (χ3v) is 3.62. The summed E-state index contributed by atoms with van der Waals surface area (Å²) in [6, 6.07) is 5.80. The van der Waals surface area contributed by atoms with Gasteiger partial charge in [-0.3, -0.25) is 4.57 Å². The van der Waals surface area contributed by atoms with Crippen molar-refractivity contribution >= 4 is 15.9 Å². The van der Waals surface area contributed by atoms with Gasteiger partial charge in [0.15, 0.2) is 0 Å². The van der Waals surface area contributed by atoms with E-state index in [9.17, 15) is 0 Å². The van der Waals surface area contributed by atoms with E-state index >= 15 is 0 Å². The van der Waals surface area contributed by atoms with Gasteiger partial charge in [-0.2, -0.15) is 0 Å². The van der Waals surface area contributed by atoms with Gasteiger partial charge in [-0.1, -0.05) is 29.8 Å². The van der Waals surface area contributed by atoms with Crippen LogP contribution in [0.1, 0.15) is 25.6 Å². The highest BCUT2D eigenvalue weighted by Gasteiger charge is 2.18. The first-order chi connectivity index (χ1) is 9.04. The third kappa shape index (κ3) is 2.82. The number of aromatic nitrogens is 2. The van der Waals surface area contributed by atoms with E-state index in [0.29, 0.717) is 5.92 Å². The average molecular weight is 324 g/mol. The molecule has 0 aliphatic carbocycles. The fourth-order valence-corrected chi connectivity index (χ4v) is 2.30. The molecule has 1 heterocycles. The lowest BCUT2D eigenvalue weighted by Gasteiger charge is -2.19. The van der Waals surface area contributed by atoms with Crippen molar-refractivity contribution < 1.29 is 4.74 Å². The van der Waals surface area contributed by atoms with Crippen molar-refractivity contribution in [2.75, 3.05) is 7.11 Å². The SMILES string of the molecule is COc1ccc(Br)cc1-n1cncc1C(N)C(C)C. The van der Waals surface area contributed by atoms with Crippen molar-refractivity contribution in [2.45, 2.75) is 19.9 Å². The molecule has 1 unspecified atom stereocenters. The number of methoxy groups -OCH3 is 1. The van der Waals surface area contributed by atoms with Gasteiger partial charge in [0, 0.05) is 10.5 Å². The number of nitrogens with zero attached hydrogens (tertiary/aromatic N) is 2. The molecular formula is C14H18BrN3O. The molecule has 0 saturated carbocycles. The van der Waals surface area contributed by atoms with Gasteiger partial charge in [-0.05, 0) is 24.1 Å². The Morgan fingerprint density at radius 3 is 2.74 bits per heavy atom. The van der Waals surface area contributed by atoms with E-state index in [4.69, 9.17) is 10.5 Å². The first kappa shape index (κ1) is 14.1. The molecule has 5 heteroatoms. The van der Waals surface area contributed by atoms with Gasteiger partial charge in [-0.15, -0.1) is 0 Å². The summed E-state index contributed by atoms with van der Waals surface area (Å²) >= 11 is 3.48. The smallest absolute Gasteiger partial charge is 0.142 e. The van der Waals surface area contributed by atoms with Crippen molar-refractivity contribution in [3.63, 3.8) is 0 Å². The lowest BCUT2D eigenvalue weighted by molar-refractivity contribution is 0.411. The summed E-state index contributed by atoms with van der Waals surface area (Å²) in [5.74, 6) is 1.13. The highest BCUT2D eigenvalue weighted by Crippen LogP contribution is 2.30. The molecule has 2 N–H and O–H groups in total. The fraction of sp³-hybridized carbons (Fsp3) is 0.357. The Balaban J connectivity index is 2.54. The van der Waals surface area contributed by atoms with Crippen LogP contribution in [0, 0.1) is 5.92 Å². The number of hydrogen-bond acceptors (Lipinski definition) is 3. The molecule has 0 aliphatic rings. The van der Waals surface area contributed by atoms with Crippen LogP contribution < -0.4 is 10.5 Å². The molecule has 0 fully saturated rings. The number of rotatable bonds is 4. The quantitative estimate of drug-likeness (QED) is 0.939. The van der Waals surface area contributed by atoms with Gasteiger partial charge >= 0.3 is 0 Å². The Morgan fingerprint density at radius 2 is 2.11 bits per heavy atom. The molecule has 102 valence electrons. The lowest BCUT2D eigenvalue weighted by Crippen LogP contribution is -2.20. The van der Waals surface area contributed by atoms with E-state index in [1.807, 2.05) is 29.0 Å². The summed E-state index contributed by atoms with van der Waals surface area (Å²) in [5.41, 5.74) is 8.15. The standard InChI is InChI=1S/C14H18BrN3O/c1-9(2)14(16)12-7-17-8-18(12)11-6-10(15)4-5-13(11)19-3/h4-9,14H,16H2,1-3H3. The topological polar surface area (TPSA) is 53.1 Å². The fourth-order valence-electron chi connectivity index (χ4n) is 1.95. The summed E-state index contributed by atoms with van der Waals surface area (Å²) in [6.07, 6.45) is 3.58. The highest BCUT2D eigenvalue weighted by molar-refractivity contribution is 9.10. The Hall–Kier alpha value is -1.33. The zero-order valence-electron chi connectivity index (χ0n) is 11.3. The monoisotopic (exact) mass is 323 g/mol. The van der Waals surface area contributed by atoms with Crippen molar-refractivity contribution in [2.24, 2.45) is 11.7 Å². The van der Waals surface area contributed by atoms with Crippen molar-refractivity contribution in [1.29, 1.82) is 0 Å². The van der Waals surface area contributed by atoms with Crippen LogP contribution in [0.15, 0.2) is 35.2 Å². The van der Waals surface area contributed by atoms with Crippen LogP contribution in [-0.2, 0) is 0 Å². The zero-order chi connectivity index (χ0) is 14.0. The maximum atomic E-state index is 6.24. The molecule has 1 aromatic carbocycles. The number of benzene rings is 1. The number of hydrogen-bond donors (Lipinski definition) is 1. The summed E-state index contributed by atoms with van der Waals surface area (Å²) in [4.78, 5) is 4.22. The van der Waals surface area contributed by atoms with E-state index in [1.165, 1.54) is 0 Å². The van der Waals surface area contributed by atoms with Crippen LogP contribution >= 0.6 is 15.9 Å². The minimum Gasteiger partial charge on any atom is -0.495 e. The molecule has 0 bridgehead atoms. The molecule has 2 rings (SSSR count). The first-order valence-electron chi connectivity index (χ1n) is 6.16. The molecular weight excluding hydrogens is 306 g/mol. The molecule has 0 aliphatic heterocycles. The largest absolute Gasteiger partial charge is 0.495 e. The summed E-state index contributed by atoms with van der Waals surface area (Å²) in [7, 11) is 1.66. The molecule has 19 heavy (non-hydrogen) atoms. The highest BCUT2D eigenvalue weighted by atomic mass is 79.9. The number of nitrogens with two attached hydrogens (primary N) is 1. The Labute approximate surface area is 121 Å². The zero-order valence-corrected chi connectivity index (χ0v) is 12.9. The normalized spacial score (nSPS) is 12.7. The molecule has 1 aromatic heterocycles. The Bertz CT molecular complexity index is 566. The van der Waals surface area contributed by atoms with E-state index in [1.54, 1.807) is 13.4 Å². The summed E-state index contributed by atoms with van der Waals surface area (Å²) in [6.45, 7) is 4.19. The second kappa shape index (κ2) is 5.75. The molecule has 2 aromatic rings. The van der Waals surface area contributed by atoms with Gasteiger partial charge in [-0.25, -0.2) is 4.98 Å².